The molecule has 2 aromatic heterocycles. The lowest BCUT2D eigenvalue weighted by atomic mass is 10.0. The molecule has 6 nitrogen and oxygen atoms in total. The predicted octanol–water partition coefficient (Wildman–Crippen LogP) is 5.27. The maximum atomic E-state index is 14.1. The molecule has 0 aliphatic heterocycles. The molecule has 4 aromatic rings. The van der Waals surface area contributed by atoms with Gasteiger partial charge in [0.05, 0.1) is 22.2 Å². The molecule has 0 fully saturated rings. The normalized spacial score (nSPS) is 11.5. The lowest BCUT2D eigenvalue weighted by Crippen LogP contribution is -2.09. The van der Waals surface area contributed by atoms with Crippen LogP contribution < -0.4 is 15.8 Å². The molecule has 2 aromatic carbocycles. The third-order valence-electron chi connectivity index (χ3n) is 4.46. The number of alkyl halides is 3. The third-order valence-corrected chi connectivity index (χ3v) is 4.46. The van der Waals surface area contributed by atoms with Gasteiger partial charge in [0, 0.05) is 7.05 Å². The van der Waals surface area contributed by atoms with E-state index in [1.807, 2.05) is 0 Å². The van der Waals surface area contributed by atoms with Crippen LogP contribution in [0.15, 0.2) is 54.6 Å². The predicted molar refractivity (Wildman–Crippen MR) is 108 cm³/mol. The van der Waals surface area contributed by atoms with Crippen molar-refractivity contribution in [2.45, 2.75) is 6.18 Å². The number of pyridine rings is 1. The highest BCUT2D eigenvalue weighted by atomic mass is 19.4. The number of ether oxygens (including phenoxy) is 1. The third kappa shape index (κ3) is 3.91. The van der Waals surface area contributed by atoms with Crippen LogP contribution in [0.3, 0.4) is 0 Å². The summed E-state index contributed by atoms with van der Waals surface area (Å²) in [5.41, 5.74) is 4.40. The Bertz CT molecular complexity index is 1280. The maximum absolute atomic E-state index is 14.1. The summed E-state index contributed by atoms with van der Waals surface area (Å²) in [6, 6.07) is 11.8. The highest BCUT2D eigenvalue weighted by Crippen LogP contribution is 2.43. The number of aromatic nitrogens is 3. The number of nitrogens with two attached hydrogens (primary N) is 1. The van der Waals surface area contributed by atoms with Gasteiger partial charge < -0.3 is 15.8 Å². The first-order valence-corrected chi connectivity index (χ1v) is 9.03. The first kappa shape index (κ1) is 20.3. The van der Waals surface area contributed by atoms with Gasteiger partial charge in [-0.1, -0.05) is 18.2 Å². The highest BCUT2D eigenvalue weighted by Gasteiger charge is 2.36. The molecule has 31 heavy (non-hydrogen) atoms. The molecule has 10 heteroatoms. The standard InChI is InChI=1S/C21H15F4N5O/c1-27-18-11-9-10-14(28-19(11)30-20(26)29-18)17-12(21(23,24)25)5-4-8-16(17)31-15-7-3-2-6-13(15)22/h2-10H,1H3,(H3,26,27,28,29,30). The molecule has 4 rings (SSSR count). The van der Waals surface area contributed by atoms with Crippen molar-refractivity contribution in [2.24, 2.45) is 0 Å². The van der Waals surface area contributed by atoms with Gasteiger partial charge in [-0.3, -0.25) is 0 Å². The fourth-order valence-electron chi connectivity index (χ4n) is 3.12. The van der Waals surface area contributed by atoms with Crippen LogP contribution in [0.2, 0.25) is 0 Å². The van der Waals surface area contributed by atoms with E-state index in [2.05, 4.69) is 20.3 Å². The molecule has 0 saturated carbocycles. The summed E-state index contributed by atoms with van der Waals surface area (Å²) in [5, 5.41) is 3.31. The largest absolute Gasteiger partial charge is 0.454 e. The Kier molecular flexibility index (Phi) is 5.05. The second-order valence-electron chi connectivity index (χ2n) is 6.46. The zero-order valence-corrected chi connectivity index (χ0v) is 16.0. The van der Waals surface area contributed by atoms with Gasteiger partial charge in [-0.15, -0.1) is 0 Å². The smallest absolute Gasteiger partial charge is 0.417 e. The monoisotopic (exact) mass is 429 g/mol. The molecule has 0 aliphatic carbocycles. The zero-order chi connectivity index (χ0) is 22.2. The molecule has 0 amide bonds. The molecule has 0 bridgehead atoms. The van der Waals surface area contributed by atoms with Crippen LogP contribution in [0.25, 0.3) is 22.3 Å². The number of halogens is 4. The number of rotatable bonds is 4. The quantitative estimate of drug-likeness (QED) is 0.430. The SMILES string of the molecule is CNc1nc(N)nc2nc(-c3c(Oc4ccccc4F)cccc3C(F)(F)F)ccc12. The average molecular weight is 429 g/mol. The summed E-state index contributed by atoms with van der Waals surface area (Å²) in [6.07, 6.45) is -4.71. The van der Waals surface area contributed by atoms with Crippen molar-refractivity contribution in [3.63, 3.8) is 0 Å². The van der Waals surface area contributed by atoms with Crippen molar-refractivity contribution >= 4 is 22.8 Å². The van der Waals surface area contributed by atoms with E-state index in [4.69, 9.17) is 10.5 Å². The van der Waals surface area contributed by atoms with Crippen molar-refractivity contribution in [2.75, 3.05) is 18.1 Å². The molecule has 0 spiro atoms. The lowest BCUT2D eigenvalue weighted by Gasteiger charge is -2.17. The number of para-hydroxylation sites is 1. The highest BCUT2D eigenvalue weighted by molar-refractivity contribution is 5.89. The van der Waals surface area contributed by atoms with Gasteiger partial charge in [0.1, 0.15) is 11.6 Å². The molecule has 158 valence electrons. The number of hydrogen-bond acceptors (Lipinski definition) is 6. The van der Waals surface area contributed by atoms with Crippen LogP contribution in [-0.2, 0) is 6.18 Å². The summed E-state index contributed by atoms with van der Waals surface area (Å²) < 4.78 is 61.1. The average Bonchev–Trinajstić information content (AvgIpc) is 2.73. The van der Waals surface area contributed by atoms with E-state index >= 15 is 0 Å². The minimum atomic E-state index is -4.71. The Morgan fingerprint density at radius 1 is 0.903 bits per heavy atom. The Hall–Kier alpha value is -3.95. The molecule has 0 saturated heterocycles. The maximum Gasteiger partial charge on any atom is 0.417 e. The van der Waals surface area contributed by atoms with Gasteiger partial charge in [0.15, 0.2) is 17.2 Å². The first-order valence-electron chi connectivity index (χ1n) is 9.03. The van der Waals surface area contributed by atoms with Crippen molar-refractivity contribution in [1.82, 2.24) is 15.0 Å². The fourth-order valence-corrected chi connectivity index (χ4v) is 3.12. The Labute approximate surface area is 173 Å². The van der Waals surface area contributed by atoms with E-state index in [1.54, 1.807) is 7.05 Å². The van der Waals surface area contributed by atoms with Crippen molar-refractivity contribution in [3.05, 3.63) is 66.0 Å². The second kappa shape index (κ2) is 7.71. The van der Waals surface area contributed by atoms with E-state index in [0.717, 1.165) is 12.1 Å². The van der Waals surface area contributed by atoms with E-state index in [-0.39, 0.29) is 34.4 Å². The summed E-state index contributed by atoms with van der Waals surface area (Å²) in [4.78, 5) is 12.3. The summed E-state index contributed by atoms with van der Waals surface area (Å²) >= 11 is 0. The Morgan fingerprint density at radius 3 is 2.35 bits per heavy atom. The van der Waals surface area contributed by atoms with Gasteiger partial charge in [0.2, 0.25) is 5.95 Å². The van der Waals surface area contributed by atoms with Crippen LogP contribution in [0, 0.1) is 5.82 Å². The number of anilines is 2. The minimum Gasteiger partial charge on any atom is -0.454 e. The molecule has 0 unspecified atom stereocenters. The van der Waals surface area contributed by atoms with Crippen LogP contribution in [-0.4, -0.2) is 22.0 Å². The first-order chi connectivity index (χ1) is 14.8. The van der Waals surface area contributed by atoms with E-state index in [1.165, 1.54) is 42.5 Å². The van der Waals surface area contributed by atoms with Gasteiger partial charge in [-0.05, 0) is 36.4 Å². The fraction of sp³-hybridized carbons (Fsp3) is 0.0952. The van der Waals surface area contributed by atoms with Crippen molar-refractivity contribution in [1.29, 1.82) is 0 Å². The number of nitrogens with zero attached hydrogens (tertiary/aromatic N) is 3. The van der Waals surface area contributed by atoms with Gasteiger partial charge in [0.25, 0.3) is 0 Å². The topological polar surface area (TPSA) is 86.0 Å². The zero-order valence-electron chi connectivity index (χ0n) is 16.0. The van der Waals surface area contributed by atoms with Crippen LogP contribution in [0.5, 0.6) is 11.5 Å². The number of nitrogen functional groups attached to an aromatic ring is 1. The molecule has 0 atom stereocenters. The van der Waals surface area contributed by atoms with Crippen molar-refractivity contribution in [3.8, 4) is 22.8 Å². The molecule has 0 radical (unpaired) electrons. The number of hydrogen-bond donors (Lipinski definition) is 2. The second-order valence-corrected chi connectivity index (χ2v) is 6.46. The number of benzene rings is 2. The van der Waals surface area contributed by atoms with E-state index < -0.39 is 17.6 Å². The van der Waals surface area contributed by atoms with Gasteiger partial charge in [-0.25, -0.2) is 9.37 Å². The summed E-state index contributed by atoms with van der Waals surface area (Å²) in [7, 11) is 1.62. The Balaban J connectivity index is 1.95. The Morgan fingerprint density at radius 2 is 1.65 bits per heavy atom. The molecule has 2 heterocycles. The lowest BCUT2D eigenvalue weighted by molar-refractivity contribution is -0.137. The minimum absolute atomic E-state index is 0.0630. The van der Waals surface area contributed by atoms with Crippen LogP contribution in [0.1, 0.15) is 5.56 Å². The summed E-state index contributed by atoms with van der Waals surface area (Å²) in [5.74, 6) is -0.839. The van der Waals surface area contributed by atoms with Gasteiger partial charge >= 0.3 is 6.18 Å². The molecular formula is C21H15F4N5O. The molecular weight excluding hydrogens is 414 g/mol. The molecule has 0 aliphatic rings. The van der Waals surface area contributed by atoms with Crippen molar-refractivity contribution < 1.29 is 22.3 Å². The van der Waals surface area contributed by atoms with Gasteiger partial charge in [-0.2, -0.15) is 23.1 Å². The van der Waals surface area contributed by atoms with Crippen LogP contribution in [0.4, 0.5) is 29.3 Å². The van der Waals surface area contributed by atoms with E-state index in [9.17, 15) is 17.6 Å². The van der Waals surface area contributed by atoms with Crippen LogP contribution >= 0.6 is 0 Å². The number of nitrogens with one attached hydrogen (secondary N) is 1. The molecule has 3 N–H and O–H groups in total. The number of fused-ring (bicyclic) bond motifs is 1. The van der Waals surface area contributed by atoms with E-state index in [0.29, 0.717) is 11.2 Å². The summed E-state index contributed by atoms with van der Waals surface area (Å²) in [6.45, 7) is 0.